The highest BCUT2D eigenvalue weighted by Crippen LogP contribution is 2.30. The number of nitrogens with one attached hydrogen (secondary N) is 1. The topological polar surface area (TPSA) is 58.3 Å². The Kier molecular flexibility index (Phi) is 3.77. The van der Waals surface area contributed by atoms with Gasteiger partial charge in [0.05, 0.1) is 17.8 Å². The van der Waals surface area contributed by atoms with Gasteiger partial charge in [0.25, 0.3) is 0 Å². The summed E-state index contributed by atoms with van der Waals surface area (Å²) in [5, 5.41) is 4.35. The number of rotatable bonds is 2. The molecule has 0 atom stereocenters. The van der Waals surface area contributed by atoms with Crippen LogP contribution in [0.25, 0.3) is 27.0 Å². The Morgan fingerprint density at radius 2 is 1.92 bits per heavy atom. The van der Waals surface area contributed by atoms with Gasteiger partial charge in [0.15, 0.2) is 0 Å². The van der Waals surface area contributed by atoms with Crippen LogP contribution in [-0.4, -0.2) is 41.1 Å². The third kappa shape index (κ3) is 2.66. The molecule has 1 aliphatic heterocycles. The monoisotopic (exact) mass is 316 g/mol. The molecule has 1 N–H and O–H groups in total. The molecule has 0 spiro atoms. The van der Waals surface area contributed by atoms with Gasteiger partial charge < -0.3 is 10.2 Å². The van der Waals surface area contributed by atoms with Gasteiger partial charge in [0.2, 0.25) is 11.6 Å². The lowest BCUT2D eigenvalue weighted by Gasteiger charge is -2.27. The Bertz CT molecular complexity index is 924. The molecule has 6 heteroatoms. The maximum atomic E-state index is 7.41. The van der Waals surface area contributed by atoms with Gasteiger partial charge in [0, 0.05) is 49.5 Å². The molecule has 1 aromatic carbocycles. The van der Waals surface area contributed by atoms with Crippen molar-refractivity contribution >= 4 is 22.5 Å². The van der Waals surface area contributed by atoms with Gasteiger partial charge >= 0.3 is 0 Å². The zero-order valence-electron chi connectivity index (χ0n) is 13.1. The summed E-state index contributed by atoms with van der Waals surface area (Å²) in [4.78, 5) is 19.3. The van der Waals surface area contributed by atoms with E-state index in [0.717, 1.165) is 42.6 Å². The first-order valence-electron chi connectivity index (χ1n) is 7.90. The molecule has 24 heavy (non-hydrogen) atoms. The summed E-state index contributed by atoms with van der Waals surface area (Å²) in [5.74, 6) is 0.673. The molecule has 1 saturated heterocycles. The van der Waals surface area contributed by atoms with E-state index >= 15 is 0 Å². The van der Waals surface area contributed by atoms with E-state index in [9.17, 15) is 0 Å². The van der Waals surface area contributed by atoms with Crippen LogP contribution in [0.2, 0.25) is 0 Å². The lowest BCUT2D eigenvalue weighted by Crippen LogP contribution is -2.44. The third-order valence-corrected chi connectivity index (χ3v) is 4.14. The third-order valence-electron chi connectivity index (χ3n) is 4.14. The fraction of sp³-hybridized carbons (Fsp3) is 0.222. The Hall–Kier alpha value is -3.04. The van der Waals surface area contributed by atoms with Crippen molar-refractivity contribution < 1.29 is 0 Å². The molecule has 6 nitrogen and oxygen atoms in total. The molecule has 1 aliphatic rings. The van der Waals surface area contributed by atoms with Gasteiger partial charge in [-0.05, 0) is 12.1 Å². The second kappa shape index (κ2) is 6.22. The first-order valence-corrected chi connectivity index (χ1v) is 7.90. The van der Waals surface area contributed by atoms with Crippen molar-refractivity contribution in [2.24, 2.45) is 0 Å². The van der Waals surface area contributed by atoms with E-state index in [1.54, 1.807) is 12.4 Å². The Labute approximate surface area is 140 Å². The van der Waals surface area contributed by atoms with Crippen LogP contribution in [0, 0.1) is 6.57 Å². The van der Waals surface area contributed by atoms with Crippen molar-refractivity contribution in [1.29, 1.82) is 0 Å². The standard InChI is InChI=1S/C18H16N6/c1-19-16-12-22-18(24-8-6-20-7-9-24)23-17(16)14-10-13-4-2-3-5-15(13)21-11-14/h2-5,10-12,20H,6-9H2. The molecule has 118 valence electrons. The van der Waals surface area contributed by atoms with Crippen molar-refractivity contribution in [3.63, 3.8) is 0 Å². The van der Waals surface area contributed by atoms with Crippen molar-refractivity contribution in [3.8, 4) is 11.3 Å². The molecule has 4 rings (SSSR count). The molecule has 1 fully saturated rings. The van der Waals surface area contributed by atoms with Gasteiger partial charge in [-0.15, -0.1) is 0 Å². The number of fused-ring (bicyclic) bond motifs is 1. The SMILES string of the molecule is [C-]#[N+]c1cnc(N2CCNCC2)nc1-c1cnc2ccccc2c1. The van der Waals surface area contributed by atoms with E-state index < -0.39 is 0 Å². The Morgan fingerprint density at radius 1 is 1.08 bits per heavy atom. The summed E-state index contributed by atoms with van der Waals surface area (Å²) in [6.07, 6.45) is 3.39. The van der Waals surface area contributed by atoms with Crippen LogP contribution >= 0.6 is 0 Å². The van der Waals surface area contributed by atoms with E-state index in [1.807, 2.05) is 30.3 Å². The summed E-state index contributed by atoms with van der Waals surface area (Å²) < 4.78 is 0. The van der Waals surface area contributed by atoms with Crippen molar-refractivity contribution in [2.45, 2.75) is 0 Å². The normalized spacial score (nSPS) is 14.5. The van der Waals surface area contributed by atoms with Crippen LogP contribution in [0.15, 0.2) is 42.7 Å². The molecule has 0 radical (unpaired) electrons. The molecule has 0 aliphatic carbocycles. The molecule has 3 heterocycles. The number of nitrogens with zero attached hydrogens (tertiary/aromatic N) is 5. The fourth-order valence-corrected chi connectivity index (χ4v) is 2.88. The van der Waals surface area contributed by atoms with E-state index in [-0.39, 0.29) is 0 Å². The molecular weight excluding hydrogens is 300 g/mol. The average molecular weight is 316 g/mol. The molecule has 3 aromatic rings. The van der Waals surface area contributed by atoms with E-state index in [0.29, 0.717) is 17.3 Å². The number of pyridine rings is 1. The highest BCUT2D eigenvalue weighted by atomic mass is 15.3. The zero-order chi connectivity index (χ0) is 16.4. The minimum absolute atomic E-state index is 0.450. The van der Waals surface area contributed by atoms with Crippen LogP contribution < -0.4 is 10.2 Å². The van der Waals surface area contributed by atoms with Crippen molar-refractivity contribution in [1.82, 2.24) is 20.3 Å². The number of hydrogen-bond donors (Lipinski definition) is 1. The largest absolute Gasteiger partial charge is 0.338 e. The summed E-state index contributed by atoms with van der Waals surface area (Å²) in [5.41, 5.74) is 2.87. The summed E-state index contributed by atoms with van der Waals surface area (Å²) >= 11 is 0. The highest BCUT2D eigenvalue weighted by molar-refractivity contribution is 5.85. The molecular formula is C18H16N6. The maximum absolute atomic E-state index is 7.41. The minimum Gasteiger partial charge on any atom is -0.338 e. The quantitative estimate of drug-likeness (QED) is 0.737. The van der Waals surface area contributed by atoms with E-state index in [1.165, 1.54) is 0 Å². The second-order valence-electron chi connectivity index (χ2n) is 5.67. The molecule has 0 unspecified atom stereocenters. The summed E-state index contributed by atoms with van der Waals surface area (Å²) in [6, 6.07) is 9.96. The van der Waals surface area contributed by atoms with Crippen LogP contribution in [0.5, 0.6) is 0 Å². The predicted octanol–water partition coefficient (Wildman–Crippen LogP) is 2.65. The van der Waals surface area contributed by atoms with Gasteiger partial charge in [0.1, 0.15) is 0 Å². The van der Waals surface area contributed by atoms with Crippen LogP contribution in [0.4, 0.5) is 11.6 Å². The van der Waals surface area contributed by atoms with E-state index in [2.05, 4.69) is 30.0 Å². The molecule has 0 bridgehead atoms. The lowest BCUT2D eigenvalue weighted by atomic mass is 10.1. The minimum atomic E-state index is 0.450. The number of anilines is 1. The van der Waals surface area contributed by atoms with E-state index in [4.69, 9.17) is 6.57 Å². The summed E-state index contributed by atoms with van der Waals surface area (Å²) in [6.45, 7) is 11.0. The first-order chi connectivity index (χ1) is 11.8. The number of para-hydroxylation sites is 1. The second-order valence-corrected chi connectivity index (χ2v) is 5.67. The highest BCUT2D eigenvalue weighted by Gasteiger charge is 2.16. The van der Waals surface area contributed by atoms with Crippen LogP contribution in [0.1, 0.15) is 0 Å². The predicted molar refractivity (Wildman–Crippen MR) is 94.1 cm³/mol. The number of benzene rings is 1. The Balaban J connectivity index is 1.80. The first kappa shape index (κ1) is 14.5. The van der Waals surface area contributed by atoms with Gasteiger partial charge in [-0.3, -0.25) is 4.98 Å². The number of piperazine rings is 1. The van der Waals surface area contributed by atoms with Crippen molar-refractivity contribution in [3.05, 3.63) is 54.1 Å². The van der Waals surface area contributed by atoms with Gasteiger partial charge in [-0.1, -0.05) is 18.2 Å². The lowest BCUT2D eigenvalue weighted by molar-refractivity contribution is 0.580. The molecule has 0 saturated carbocycles. The van der Waals surface area contributed by atoms with Crippen LogP contribution in [0.3, 0.4) is 0 Å². The Morgan fingerprint density at radius 3 is 2.75 bits per heavy atom. The number of aromatic nitrogens is 3. The fourth-order valence-electron chi connectivity index (χ4n) is 2.88. The number of hydrogen-bond acceptors (Lipinski definition) is 5. The maximum Gasteiger partial charge on any atom is 0.230 e. The smallest absolute Gasteiger partial charge is 0.230 e. The zero-order valence-corrected chi connectivity index (χ0v) is 13.1. The van der Waals surface area contributed by atoms with Gasteiger partial charge in [-0.25, -0.2) is 14.8 Å². The summed E-state index contributed by atoms with van der Waals surface area (Å²) in [7, 11) is 0. The van der Waals surface area contributed by atoms with Crippen LogP contribution in [-0.2, 0) is 0 Å². The average Bonchev–Trinajstić information content (AvgIpc) is 2.68. The van der Waals surface area contributed by atoms with Gasteiger partial charge in [-0.2, -0.15) is 0 Å². The molecule has 0 amide bonds. The molecule has 2 aromatic heterocycles. The van der Waals surface area contributed by atoms with Crippen molar-refractivity contribution in [2.75, 3.05) is 31.1 Å².